The monoisotopic (exact) mass is 383 g/mol. The summed E-state index contributed by atoms with van der Waals surface area (Å²) in [7, 11) is 2.95. The molecular weight excluding hydrogens is 371 g/mol. The Kier molecular flexibility index (Phi) is 4.78. The van der Waals surface area contributed by atoms with Gasteiger partial charge in [-0.15, -0.1) is 0 Å². The zero-order valence-electron chi connectivity index (χ0n) is 13.7. The van der Waals surface area contributed by atoms with Gasteiger partial charge in [0.25, 0.3) is 0 Å². The Hall–Kier alpha value is -2.74. The minimum atomic E-state index is -4.44. The van der Waals surface area contributed by atoms with Crippen LogP contribution in [0.15, 0.2) is 36.4 Å². The Bertz CT molecular complexity index is 964. The van der Waals surface area contributed by atoms with Crippen molar-refractivity contribution in [2.24, 2.45) is 0 Å². The maximum atomic E-state index is 12.9. The van der Waals surface area contributed by atoms with Gasteiger partial charge in [0.1, 0.15) is 5.82 Å². The lowest BCUT2D eigenvalue weighted by atomic mass is 10.1. The highest BCUT2D eigenvalue weighted by molar-refractivity contribution is 6.28. The van der Waals surface area contributed by atoms with Crippen LogP contribution < -0.4 is 14.8 Å². The first-order valence-corrected chi connectivity index (χ1v) is 7.73. The third-order valence-electron chi connectivity index (χ3n) is 3.63. The van der Waals surface area contributed by atoms with Crippen LogP contribution in [0.3, 0.4) is 0 Å². The molecule has 0 spiro atoms. The quantitative estimate of drug-likeness (QED) is 0.638. The first-order valence-electron chi connectivity index (χ1n) is 7.35. The number of hydrogen-bond acceptors (Lipinski definition) is 5. The molecule has 0 atom stereocenters. The van der Waals surface area contributed by atoms with Crippen LogP contribution in [0.2, 0.25) is 5.28 Å². The van der Waals surface area contributed by atoms with Crippen molar-refractivity contribution in [3.8, 4) is 11.5 Å². The number of aromatic nitrogens is 2. The molecule has 0 aliphatic rings. The molecule has 3 aromatic rings. The average molecular weight is 384 g/mol. The van der Waals surface area contributed by atoms with E-state index in [0.717, 1.165) is 12.1 Å². The number of benzene rings is 2. The van der Waals surface area contributed by atoms with Gasteiger partial charge in [-0.3, -0.25) is 0 Å². The summed E-state index contributed by atoms with van der Waals surface area (Å²) in [6.07, 6.45) is -4.44. The molecule has 0 aliphatic heterocycles. The van der Waals surface area contributed by atoms with E-state index in [-0.39, 0.29) is 16.8 Å². The highest BCUT2D eigenvalue weighted by Gasteiger charge is 2.30. The van der Waals surface area contributed by atoms with E-state index in [4.69, 9.17) is 21.1 Å². The van der Waals surface area contributed by atoms with Crippen molar-refractivity contribution < 1.29 is 22.6 Å². The second-order valence-corrected chi connectivity index (χ2v) is 5.61. The summed E-state index contributed by atoms with van der Waals surface area (Å²) in [6.45, 7) is 0. The van der Waals surface area contributed by atoms with E-state index in [1.54, 1.807) is 12.1 Å². The Morgan fingerprint density at radius 2 is 1.69 bits per heavy atom. The number of nitrogens with zero attached hydrogens (tertiary/aromatic N) is 2. The number of alkyl halides is 3. The molecule has 0 radical (unpaired) electrons. The smallest absolute Gasteiger partial charge is 0.416 e. The molecule has 5 nitrogen and oxygen atoms in total. The number of nitrogens with one attached hydrogen (secondary N) is 1. The van der Waals surface area contributed by atoms with Gasteiger partial charge < -0.3 is 14.8 Å². The molecule has 0 saturated heterocycles. The molecule has 0 bridgehead atoms. The van der Waals surface area contributed by atoms with Crippen LogP contribution in [0.5, 0.6) is 11.5 Å². The Morgan fingerprint density at radius 1 is 1.00 bits per heavy atom. The predicted octanol–water partition coefficient (Wildman–Crippen LogP) is 5.06. The van der Waals surface area contributed by atoms with Crippen LogP contribution in [0.1, 0.15) is 5.56 Å². The summed E-state index contributed by atoms with van der Waals surface area (Å²) in [4.78, 5) is 8.20. The molecule has 1 aromatic heterocycles. The minimum Gasteiger partial charge on any atom is -0.493 e. The fraction of sp³-hybridized carbons (Fsp3) is 0.176. The summed E-state index contributed by atoms with van der Waals surface area (Å²) in [5, 5.41) is 3.32. The predicted molar refractivity (Wildman–Crippen MR) is 92.4 cm³/mol. The van der Waals surface area contributed by atoms with Gasteiger partial charge in [0.2, 0.25) is 5.28 Å². The summed E-state index contributed by atoms with van der Waals surface area (Å²) < 4.78 is 49.2. The molecule has 2 aromatic carbocycles. The zero-order valence-corrected chi connectivity index (χ0v) is 14.4. The fourth-order valence-electron chi connectivity index (χ4n) is 2.43. The second kappa shape index (κ2) is 6.87. The van der Waals surface area contributed by atoms with Crippen LogP contribution in [-0.2, 0) is 6.18 Å². The normalized spacial score (nSPS) is 11.5. The second-order valence-electron chi connectivity index (χ2n) is 5.27. The maximum Gasteiger partial charge on any atom is 0.416 e. The molecule has 0 aliphatic carbocycles. The standard InChI is InChI=1S/C17H13ClF3N3O2/c1-25-13-7-11-12(8-14(13)26-2)23-16(18)24-15(11)22-10-5-3-4-9(6-10)17(19,20)21/h3-8H,1-2H3,(H,22,23,24). The number of rotatable bonds is 4. The van der Waals surface area contributed by atoms with Gasteiger partial charge >= 0.3 is 6.18 Å². The first kappa shape index (κ1) is 18.1. The van der Waals surface area contributed by atoms with Gasteiger partial charge in [0.15, 0.2) is 11.5 Å². The van der Waals surface area contributed by atoms with Crippen LogP contribution >= 0.6 is 11.6 Å². The molecule has 0 amide bonds. The van der Waals surface area contributed by atoms with Gasteiger partial charge in [-0.05, 0) is 35.9 Å². The molecule has 9 heteroatoms. The van der Waals surface area contributed by atoms with Crippen molar-refractivity contribution in [1.29, 1.82) is 0 Å². The highest BCUT2D eigenvalue weighted by atomic mass is 35.5. The van der Waals surface area contributed by atoms with Gasteiger partial charge in [-0.2, -0.15) is 18.2 Å². The van der Waals surface area contributed by atoms with Crippen LogP contribution in [0.25, 0.3) is 10.9 Å². The largest absolute Gasteiger partial charge is 0.493 e. The van der Waals surface area contributed by atoms with Crippen molar-refractivity contribution in [2.75, 3.05) is 19.5 Å². The third kappa shape index (κ3) is 3.60. The SMILES string of the molecule is COc1cc2nc(Cl)nc(Nc3cccc(C(F)(F)F)c3)c2cc1OC. The van der Waals surface area contributed by atoms with Crippen molar-refractivity contribution >= 4 is 34.0 Å². The van der Waals surface area contributed by atoms with Crippen LogP contribution in [0.4, 0.5) is 24.7 Å². The maximum absolute atomic E-state index is 12.9. The van der Waals surface area contributed by atoms with E-state index in [0.29, 0.717) is 22.4 Å². The van der Waals surface area contributed by atoms with Crippen molar-refractivity contribution in [2.45, 2.75) is 6.18 Å². The van der Waals surface area contributed by atoms with Gasteiger partial charge in [-0.25, -0.2) is 4.98 Å². The van der Waals surface area contributed by atoms with E-state index in [2.05, 4.69) is 15.3 Å². The van der Waals surface area contributed by atoms with Gasteiger partial charge in [-0.1, -0.05) is 6.07 Å². The number of halogens is 4. The number of fused-ring (bicyclic) bond motifs is 1. The third-order valence-corrected chi connectivity index (χ3v) is 3.80. The van der Waals surface area contributed by atoms with E-state index < -0.39 is 11.7 Å². The first-order chi connectivity index (χ1) is 12.3. The van der Waals surface area contributed by atoms with E-state index in [1.807, 2.05) is 0 Å². The molecule has 3 rings (SSSR count). The highest BCUT2D eigenvalue weighted by Crippen LogP contribution is 2.36. The zero-order chi connectivity index (χ0) is 18.9. The van der Waals surface area contributed by atoms with Crippen molar-refractivity contribution in [3.05, 3.63) is 47.2 Å². The van der Waals surface area contributed by atoms with Crippen LogP contribution in [0, 0.1) is 0 Å². The molecule has 1 heterocycles. The van der Waals surface area contributed by atoms with E-state index >= 15 is 0 Å². The lowest BCUT2D eigenvalue weighted by Gasteiger charge is -2.14. The number of ether oxygens (including phenoxy) is 2. The topological polar surface area (TPSA) is 56.3 Å². The minimum absolute atomic E-state index is 0.0563. The molecule has 0 saturated carbocycles. The Labute approximate surface area is 151 Å². The lowest BCUT2D eigenvalue weighted by molar-refractivity contribution is -0.137. The molecule has 136 valence electrons. The van der Waals surface area contributed by atoms with Gasteiger partial charge in [0.05, 0.1) is 25.3 Å². The van der Waals surface area contributed by atoms with Crippen molar-refractivity contribution in [1.82, 2.24) is 9.97 Å². The summed E-state index contributed by atoms with van der Waals surface area (Å²) >= 11 is 5.95. The van der Waals surface area contributed by atoms with E-state index in [1.165, 1.54) is 26.4 Å². The average Bonchev–Trinajstić information content (AvgIpc) is 2.60. The van der Waals surface area contributed by atoms with Gasteiger partial charge in [0, 0.05) is 17.1 Å². The number of methoxy groups -OCH3 is 2. The van der Waals surface area contributed by atoms with Crippen molar-refractivity contribution in [3.63, 3.8) is 0 Å². The fourth-order valence-corrected chi connectivity index (χ4v) is 2.61. The molecular formula is C17H13ClF3N3O2. The molecule has 1 N–H and O–H groups in total. The summed E-state index contributed by atoms with van der Waals surface area (Å²) in [5.74, 6) is 1.12. The van der Waals surface area contributed by atoms with E-state index in [9.17, 15) is 13.2 Å². The summed E-state index contributed by atoms with van der Waals surface area (Å²) in [5.41, 5.74) is -0.103. The lowest BCUT2D eigenvalue weighted by Crippen LogP contribution is -2.05. The summed E-state index contributed by atoms with van der Waals surface area (Å²) in [6, 6.07) is 8.02. The van der Waals surface area contributed by atoms with Crippen LogP contribution in [-0.4, -0.2) is 24.2 Å². The Morgan fingerprint density at radius 3 is 2.35 bits per heavy atom. The number of anilines is 2. The molecule has 0 fully saturated rings. The molecule has 0 unspecified atom stereocenters. The molecule has 26 heavy (non-hydrogen) atoms. The number of hydrogen-bond donors (Lipinski definition) is 1. The Balaban J connectivity index is 2.10.